The number of hydrazone groups is 1. The molecule has 0 saturated heterocycles. The number of hydrogen-bond acceptors (Lipinski definition) is 3. The first-order chi connectivity index (χ1) is 9.72. The molecule has 0 aliphatic rings. The summed E-state index contributed by atoms with van der Waals surface area (Å²) in [7, 11) is 0. The van der Waals surface area contributed by atoms with Crippen molar-refractivity contribution in [2.45, 2.75) is 58.3 Å². The van der Waals surface area contributed by atoms with E-state index >= 15 is 0 Å². The van der Waals surface area contributed by atoms with Crippen LogP contribution in [0.3, 0.4) is 0 Å². The number of amides is 1. The predicted molar refractivity (Wildman–Crippen MR) is 87.7 cm³/mol. The number of nitrogens with one attached hydrogen (secondary N) is 1. The maximum absolute atomic E-state index is 11.5. The van der Waals surface area contributed by atoms with Crippen LogP contribution in [0.1, 0.15) is 63.2 Å². The Labute approximate surface area is 130 Å². The van der Waals surface area contributed by atoms with Gasteiger partial charge in [-0.25, -0.2) is 5.43 Å². The molecule has 0 bridgehead atoms. The van der Waals surface area contributed by atoms with E-state index in [0.717, 1.165) is 22.1 Å². The average Bonchev–Trinajstić information content (AvgIpc) is 2.83. The maximum Gasteiger partial charge on any atom is 0.240 e. The van der Waals surface area contributed by atoms with Gasteiger partial charge in [0.05, 0.1) is 10.6 Å². The molecule has 1 rings (SSSR count). The van der Waals surface area contributed by atoms with Crippen molar-refractivity contribution >= 4 is 35.1 Å². The Morgan fingerprint density at radius 3 is 2.60 bits per heavy atom. The van der Waals surface area contributed by atoms with E-state index in [1.165, 1.54) is 43.4 Å². The Morgan fingerprint density at radius 1 is 1.25 bits per heavy atom. The highest BCUT2D eigenvalue weighted by atomic mass is 35.5. The molecule has 1 heterocycles. The third-order valence-electron chi connectivity index (χ3n) is 2.98. The number of rotatable bonds is 10. The SMILES string of the molecule is CCCCCCCCCC(=O)NN=Cc1ccc(Cl)s1. The lowest BCUT2D eigenvalue weighted by Gasteiger charge is -2.01. The van der Waals surface area contributed by atoms with Crippen LogP contribution in [0.4, 0.5) is 0 Å². The molecule has 1 N–H and O–H groups in total. The van der Waals surface area contributed by atoms with Crippen molar-refractivity contribution < 1.29 is 4.79 Å². The molecule has 1 aromatic heterocycles. The molecule has 0 unspecified atom stereocenters. The van der Waals surface area contributed by atoms with Gasteiger partial charge in [-0.15, -0.1) is 11.3 Å². The number of halogens is 1. The monoisotopic (exact) mass is 314 g/mol. The number of thiophene rings is 1. The molecule has 0 radical (unpaired) electrons. The standard InChI is InChI=1S/C15H23ClN2OS/c1-2-3-4-5-6-7-8-9-15(19)18-17-12-13-10-11-14(16)20-13/h10-12H,2-9H2,1H3,(H,18,19). The summed E-state index contributed by atoms with van der Waals surface area (Å²) in [5, 5.41) is 3.92. The smallest absolute Gasteiger partial charge is 0.240 e. The van der Waals surface area contributed by atoms with Crippen LogP contribution < -0.4 is 5.43 Å². The third-order valence-corrected chi connectivity index (χ3v) is 4.15. The van der Waals surface area contributed by atoms with Gasteiger partial charge in [0.25, 0.3) is 0 Å². The number of nitrogens with zero attached hydrogens (tertiary/aromatic N) is 1. The predicted octanol–water partition coefficient (Wildman–Crippen LogP) is 4.99. The molecule has 5 heteroatoms. The summed E-state index contributed by atoms with van der Waals surface area (Å²) < 4.78 is 0.723. The normalized spacial score (nSPS) is 11.1. The minimum absolute atomic E-state index is 0.0162. The van der Waals surface area contributed by atoms with Crippen molar-refractivity contribution in [1.82, 2.24) is 5.43 Å². The molecule has 112 valence electrons. The molecule has 0 spiro atoms. The third kappa shape index (κ3) is 8.33. The summed E-state index contributed by atoms with van der Waals surface area (Å²) >= 11 is 7.24. The maximum atomic E-state index is 11.5. The van der Waals surface area contributed by atoms with Crippen LogP contribution in [0.5, 0.6) is 0 Å². The zero-order chi connectivity index (χ0) is 14.6. The van der Waals surface area contributed by atoms with Gasteiger partial charge in [0.15, 0.2) is 0 Å². The second-order valence-corrected chi connectivity index (χ2v) is 6.55. The molecular formula is C15H23ClN2OS. The topological polar surface area (TPSA) is 41.5 Å². The van der Waals surface area contributed by atoms with Gasteiger partial charge >= 0.3 is 0 Å². The van der Waals surface area contributed by atoms with Crippen molar-refractivity contribution in [2.75, 3.05) is 0 Å². The van der Waals surface area contributed by atoms with E-state index in [2.05, 4.69) is 17.5 Å². The Kier molecular flexibility index (Phi) is 9.33. The lowest BCUT2D eigenvalue weighted by atomic mass is 10.1. The van der Waals surface area contributed by atoms with Crippen molar-refractivity contribution in [3.8, 4) is 0 Å². The van der Waals surface area contributed by atoms with E-state index < -0.39 is 0 Å². The summed E-state index contributed by atoms with van der Waals surface area (Å²) in [6.07, 6.45) is 10.7. The Bertz CT molecular complexity index is 418. The molecule has 0 aliphatic carbocycles. The van der Waals surface area contributed by atoms with E-state index in [-0.39, 0.29) is 5.91 Å². The van der Waals surface area contributed by atoms with Crippen molar-refractivity contribution in [3.63, 3.8) is 0 Å². The molecule has 0 saturated carbocycles. The van der Waals surface area contributed by atoms with Gasteiger partial charge in [0, 0.05) is 11.3 Å². The van der Waals surface area contributed by atoms with Gasteiger partial charge < -0.3 is 0 Å². The van der Waals surface area contributed by atoms with Gasteiger partial charge in [-0.05, 0) is 18.6 Å². The molecule has 0 aromatic carbocycles. The van der Waals surface area contributed by atoms with Gasteiger partial charge in [0.2, 0.25) is 5.91 Å². The minimum Gasteiger partial charge on any atom is -0.273 e. The second kappa shape index (κ2) is 10.9. The van der Waals surface area contributed by atoms with E-state index in [4.69, 9.17) is 11.6 Å². The van der Waals surface area contributed by atoms with Crippen molar-refractivity contribution in [2.24, 2.45) is 5.10 Å². The molecule has 0 aliphatic heterocycles. The summed E-state index contributed by atoms with van der Waals surface area (Å²) in [6, 6.07) is 3.69. The summed E-state index contributed by atoms with van der Waals surface area (Å²) in [4.78, 5) is 12.5. The van der Waals surface area contributed by atoms with E-state index in [9.17, 15) is 4.79 Å². The molecule has 1 amide bonds. The van der Waals surface area contributed by atoms with Gasteiger partial charge in [0.1, 0.15) is 0 Å². The Balaban J connectivity index is 2.01. The summed E-state index contributed by atoms with van der Waals surface area (Å²) in [5.41, 5.74) is 2.55. The van der Waals surface area contributed by atoms with Gasteiger partial charge in [-0.2, -0.15) is 5.10 Å². The molecule has 0 atom stereocenters. The van der Waals surface area contributed by atoms with E-state index in [1.54, 1.807) is 6.21 Å². The first-order valence-electron chi connectivity index (χ1n) is 7.29. The van der Waals surface area contributed by atoms with E-state index in [0.29, 0.717) is 6.42 Å². The fourth-order valence-electron chi connectivity index (χ4n) is 1.86. The summed E-state index contributed by atoms with van der Waals surface area (Å²) in [5.74, 6) is -0.0162. The lowest BCUT2D eigenvalue weighted by Crippen LogP contribution is -2.16. The first kappa shape index (κ1) is 17.2. The summed E-state index contributed by atoms with van der Waals surface area (Å²) in [6.45, 7) is 2.22. The minimum atomic E-state index is -0.0162. The van der Waals surface area contributed by atoms with Crippen molar-refractivity contribution in [1.29, 1.82) is 0 Å². The van der Waals surface area contributed by atoms with Gasteiger partial charge in [-0.1, -0.05) is 57.0 Å². The number of carbonyl (C=O) groups is 1. The first-order valence-corrected chi connectivity index (χ1v) is 8.49. The van der Waals surface area contributed by atoms with Crippen LogP contribution in [0, 0.1) is 0 Å². The van der Waals surface area contributed by atoms with E-state index in [1.807, 2.05) is 12.1 Å². The fraction of sp³-hybridized carbons (Fsp3) is 0.600. The fourth-order valence-corrected chi connectivity index (χ4v) is 2.80. The van der Waals surface area contributed by atoms with Crippen molar-refractivity contribution in [3.05, 3.63) is 21.3 Å². The number of carbonyl (C=O) groups excluding carboxylic acids is 1. The van der Waals surface area contributed by atoms with Crippen LogP contribution in [0.25, 0.3) is 0 Å². The Morgan fingerprint density at radius 2 is 1.95 bits per heavy atom. The number of unbranched alkanes of at least 4 members (excludes halogenated alkanes) is 6. The zero-order valence-electron chi connectivity index (χ0n) is 12.0. The van der Waals surface area contributed by atoms with Crippen LogP contribution >= 0.6 is 22.9 Å². The van der Waals surface area contributed by atoms with Crippen LogP contribution in [0.15, 0.2) is 17.2 Å². The molecule has 20 heavy (non-hydrogen) atoms. The highest BCUT2D eigenvalue weighted by Crippen LogP contribution is 2.19. The van der Waals surface area contributed by atoms with Gasteiger partial charge in [-0.3, -0.25) is 4.79 Å². The molecule has 1 aromatic rings. The highest BCUT2D eigenvalue weighted by molar-refractivity contribution is 7.17. The number of hydrogen-bond donors (Lipinski definition) is 1. The Hall–Kier alpha value is -0.870. The zero-order valence-corrected chi connectivity index (χ0v) is 13.6. The second-order valence-electron chi connectivity index (χ2n) is 4.81. The molecule has 3 nitrogen and oxygen atoms in total. The van der Waals surface area contributed by atoms with Crippen LogP contribution in [0.2, 0.25) is 4.34 Å². The largest absolute Gasteiger partial charge is 0.273 e. The van der Waals surface area contributed by atoms with Crippen LogP contribution in [-0.2, 0) is 4.79 Å². The average molecular weight is 315 g/mol. The quantitative estimate of drug-likeness (QED) is 0.369. The molecular weight excluding hydrogens is 292 g/mol. The molecule has 0 fully saturated rings. The van der Waals surface area contributed by atoms with Crippen LogP contribution in [-0.4, -0.2) is 12.1 Å². The lowest BCUT2D eigenvalue weighted by molar-refractivity contribution is -0.121. The highest BCUT2D eigenvalue weighted by Gasteiger charge is 1.99.